The first-order valence-electron chi connectivity index (χ1n) is 10.8. The van der Waals surface area contributed by atoms with E-state index in [0.717, 1.165) is 19.4 Å². The zero-order valence-corrected chi connectivity index (χ0v) is 19.1. The number of rotatable bonds is 5. The van der Waals surface area contributed by atoms with Crippen molar-refractivity contribution in [2.75, 3.05) is 18.0 Å². The van der Waals surface area contributed by atoms with E-state index in [1.165, 1.54) is 16.8 Å². The first kappa shape index (κ1) is 23.5. The van der Waals surface area contributed by atoms with Crippen molar-refractivity contribution in [1.82, 2.24) is 30.3 Å². The minimum Gasteiger partial charge on any atom is -0.315 e. The van der Waals surface area contributed by atoms with Crippen molar-refractivity contribution in [3.05, 3.63) is 78.4 Å². The number of piperidine rings is 1. The normalized spacial score (nSPS) is 15.5. The molecular weight excluding hydrogens is 457 g/mol. The van der Waals surface area contributed by atoms with Crippen LogP contribution in [-0.2, 0) is 0 Å². The number of benzene rings is 1. The van der Waals surface area contributed by atoms with Gasteiger partial charge in [0.15, 0.2) is 5.65 Å². The third-order valence-corrected chi connectivity index (χ3v) is 5.76. The van der Waals surface area contributed by atoms with E-state index in [2.05, 4.69) is 32.2 Å². The SMILES string of the molecule is C=Cc1cccnc1N(C(=O)c1ccc(-n2nnc3cccnc32)cc1F)[C@@H]1CCCNC1.Cl. The van der Waals surface area contributed by atoms with Crippen LogP contribution in [0.4, 0.5) is 10.2 Å². The summed E-state index contributed by atoms with van der Waals surface area (Å²) in [6.07, 6.45) is 6.61. The number of halogens is 2. The van der Waals surface area contributed by atoms with Gasteiger partial charge < -0.3 is 5.32 Å². The van der Waals surface area contributed by atoms with Gasteiger partial charge in [0, 0.05) is 30.6 Å². The molecule has 1 aromatic carbocycles. The van der Waals surface area contributed by atoms with Crippen molar-refractivity contribution in [2.24, 2.45) is 0 Å². The lowest BCUT2D eigenvalue weighted by atomic mass is 10.0. The molecule has 1 atom stereocenters. The van der Waals surface area contributed by atoms with Crippen LogP contribution in [0.5, 0.6) is 0 Å². The first-order chi connectivity index (χ1) is 16.2. The smallest absolute Gasteiger partial charge is 0.262 e. The number of hydrogen-bond acceptors (Lipinski definition) is 6. The summed E-state index contributed by atoms with van der Waals surface area (Å²) >= 11 is 0. The molecule has 0 spiro atoms. The second-order valence-electron chi connectivity index (χ2n) is 7.81. The lowest BCUT2D eigenvalue weighted by Crippen LogP contribution is -2.49. The number of amides is 1. The van der Waals surface area contributed by atoms with Gasteiger partial charge >= 0.3 is 0 Å². The fraction of sp³-hybridized carbons (Fsp3) is 0.208. The fourth-order valence-corrected chi connectivity index (χ4v) is 4.14. The van der Waals surface area contributed by atoms with E-state index in [1.807, 2.05) is 6.07 Å². The summed E-state index contributed by atoms with van der Waals surface area (Å²) in [5.41, 5.74) is 2.22. The third kappa shape index (κ3) is 4.27. The lowest BCUT2D eigenvalue weighted by Gasteiger charge is -2.34. The molecule has 3 aromatic heterocycles. The summed E-state index contributed by atoms with van der Waals surface area (Å²) in [5, 5.41) is 11.5. The van der Waals surface area contributed by atoms with E-state index in [1.54, 1.807) is 47.6 Å². The van der Waals surface area contributed by atoms with Gasteiger partial charge in [-0.3, -0.25) is 9.69 Å². The van der Waals surface area contributed by atoms with Crippen LogP contribution < -0.4 is 10.2 Å². The number of hydrogen-bond donors (Lipinski definition) is 1. The molecule has 10 heteroatoms. The number of anilines is 1. The summed E-state index contributed by atoms with van der Waals surface area (Å²) in [7, 11) is 0. The molecule has 0 saturated carbocycles. The highest BCUT2D eigenvalue weighted by atomic mass is 35.5. The monoisotopic (exact) mass is 479 g/mol. The molecule has 1 aliphatic heterocycles. The summed E-state index contributed by atoms with van der Waals surface area (Å²) in [4.78, 5) is 24.0. The standard InChI is InChI=1S/C24H22FN7O.ClH/c1-2-16-6-3-12-27-22(16)31(18-7-4-11-26-15-18)24(33)19-10-9-17(14-20(19)25)32-23-21(29-30-32)8-5-13-28-23;/h2-3,5-6,8-10,12-14,18,26H,1,4,7,11,15H2;1H/t18-;/m1./s1. The topological polar surface area (TPSA) is 88.8 Å². The summed E-state index contributed by atoms with van der Waals surface area (Å²) in [6, 6.07) is 11.4. The highest BCUT2D eigenvalue weighted by molar-refractivity contribution is 6.07. The number of carbonyl (C=O) groups is 1. The zero-order chi connectivity index (χ0) is 22.8. The second-order valence-corrected chi connectivity index (χ2v) is 7.81. The highest BCUT2D eigenvalue weighted by Gasteiger charge is 2.31. The minimum atomic E-state index is -0.651. The van der Waals surface area contributed by atoms with Crippen LogP contribution in [0.2, 0.25) is 0 Å². The van der Waals surface area contributed by atoms with Crippen LogP contribution in [0, 0.1) is 5.82 Å². The molecule has 0 unspecified atom stereocenters. The lowest BCUT2D eigenvalue weighted by molar-refractivity contribution is 0.0967. The molecular formula is C24H23ClFN7O. The summed E-state index contributed by atoms with van der Waals surface area (Å²) in [6.45, 7) is 5.34. The van der Waals surface area contributed by atoms with E-state index in [-0.39, 0.29) is 24.0 Å². The van der Waals surface area contributed by atoms with Crippen LogP contribution in [0.3, 0.4) is 0 Å². The Balaban J connectivity index is 0.00000274. The minimum absolute atomic E-state index is 0. The summed E-state index contributed by atoms with van der Waals surface area (Å²) in [5.74, 6) is -0.626. The van der Waals surface area contributed by atoms with Gasteiger partial charge in [0.05, 0.1) is 17.3 Å². The maximum atomic E-state index is 15.3. The van der Waals surface area contributed by atoms with Crippen LogP contribution in [0.25, 0.3) is 22.9 Å². The third-order valence-electron chi connectivity index (χ3n) is 5.76. The van der Waals surface area contributed by atoms with E-state index < -0.39 is 11.7 Å². The molecule has 1 N–H and O–H groups in total. The number of nitrogens with one attached hydrogen (secondary N) is 1. The molecule has 1 saturated heterocycles. The molecule has 0 bridgehead atoms. The van der Waals surface area contributed by atoms with Gasteiger partial charge in [-0.15, -0.1) is 17.5 Å². The van der Waals surface area contributed by atoms with Gasteiger partial charge in [0.25, 0.3) is 5.91 Å². The number of fused-ring (bicyclic) bond motifs is 1. The molecule has 1 amide bonds. The maximum absolute atomic E-state index is 15.3. The Labute approximate surface area is 201 Å². The molecule has 1 fully saturated rings. The van der Waals surface area contributed by atoms with Crippen molar-refractivity contribution in [3.63, 3.8) is 0 Å². The molecule has 4 aromatic rings. The van der Waals surface area contributed by atoms with Gasteiger partial charge in [-0.1, -0.05) is 17.9 Å². The van der Waals surface area contributed by atoms with E-state index in [0.29, 0.717) is 34.8 Å². The molecule has 34 heavy (non-hydrogen) atoms. The maximum Gasteiger partial charge on any atom is 0.262 e. The molecule has 4 heterocycles. The average molecular weight is 480 g/mol. The number of pyridine rings is 2. The Morgan fingerprint density at radius 1 is 1.21 bits per heavy atom. The number of carbonyl (C=O) groups excluding carboxylic acids is 1. The largest absolute Gasteiger partial charge is 0.315 e. The molecule has 5 rings (SSSR count). The fourth-order valence-electron chi connectivity index (χ4n) is 4.14. The van der Waals surface area contributed by atoms with Crippen molar-refractivity contribution < 1.29 is 9.18 Å². The van der Waals surface area contributed by atoms with Crippen LogP contribution in [0.15, 0.2) is 61.4 Å². The Hall–Kier alpha value is -3.69. The highest BCUT2D eigenvalue weighted by Crippen LogP contribution is 2.27. The molecule has 8 nitrogen and oxygen atoms in total. The average Bonchev–Trinajstić information content (AvgIpc) is 3.29. The van der Waals surface area contributed by atoms with Crippen molar-refractivity contribution in [1.29, 1.82) is 0 Å². The number of aromatic nitrogens is 5. The Morgan fingerprint density at radius 2 is 2.03 bits per heavy atom. The van der Waals surface area contributed by atoms with E-state index in [9.17, 15) is 4.79 Å². The van der Waals surface area contributed by atoms with Crippen LogP contribution in [-0.4, -0.2) is 50.0 Å². The van der Waals surface area contributed by atoms with Gasteiger partial charge in [-0.05, 0) is 55.8 Å². The van der Waals surface area contributed by atoms with Crippen molar-refractivity contribution in [3.8, 4) is 5.69 Å². The molecule has 0 aliphatic carbocycles. The van der Waals surface area contributed by atoms with Crippen molar-refractivity contribution >= 4 is 41.4 Å². The summed E-state index contributed by atoms with van der Waals surface area (Å²) < 4.78 is 16.8. The van der Waals surface area contributed by atoms with Gasteiger partial charge in [0.1, 0.15) is 17.2 Å². The molecule has 1 aliphatic rings. The Bertz CT molecular complexity index is 1340. The Kier molecular flexibility index (Phi) is 6.95. The quantitative estimate of drug-likeness (QED) is 0.468. The first-order valence-corrected chi connectivity index (χ1v) is 10.8. The van der Waals surface area contributed by atoms with Crippen molar-refractivity contribution in [2.45, 2.75) is 18.9 Å². The van der Waals surface area contributed by atoms with Gasteiger partial charge in [0.2, 0.25) is 0 Å². The van der Waals surface area contributed by atoms with Crippen LogP contribution in [0.1, 0.15) is 28.8 Å². The van der Waals surface area contributed by atoms with Gasteiger partial charge in [-0.2, -0.15) is 4.68 Å². The predicted molar refractivity (Wildman–Crippen MR) is 131 cm³/mol. The van der Waals surface area contributed by atoms with Gasteiger partial charge in [-0.25, -0.2) is 14.4 Å². The Morgan fingerprint density at radius 3 is 2.79 bits per heavy atom. The van der Waals surface area contributed by atoms with Crippen LogP contribution >= 0.6 is 12.4 Å². The second kappa shape index (κ2) is 10.1. The zero-order valence-electron chi connectivity index (χ0n) is 18.3. The number of nitrogens with zero attached hydrogens (tertiary/aromatic N) is 6. The molecule has 174 valence electrons. The van der Waals surface area contributed by atoms with E-state index >= 15 is 4.39 Å². The predicted octanol–water partition coefficient (Wildman–Crippen LogP) is 3.81. The molecule has 0 radical (unpaired) electrons. The van der Waals surface area contributed by atoms with E-state index in [4.69, 9.17) is 0 Å².